The summed E-state index contributed by atoms with van der Waals surface area (Å²) in [5.41, 5.74) is 2.95. The van der Waals surface area contributed by atoms with Crippen LogP contribution >= 0.6 is 34.2 Å². The number of carbonyl (C=O) groups excluding carboxylic acids is 2. The molecule has 0 aliphatic heterocycles. The van der Waals surface area contributed by atoms with Gasteiger partial charge in [-0.25, -0.2) is 0 Å². The first-order chi connectivity index (χ1) is 14.5. The van der Waals surface area contributed by atoms with Gasteiger partial charge in [-0.2, -0.15) is 0 Å². The van der Waals surface area contributed by atoms with Crippen molar-refractivity contribution in [3.63, 3.8) is 0 Å². The van der Waals surface area contributed by atoms with Crippen LogP contribution in [0.25, 0.3) is 11.3 Å². The molecule has 154 valence electrons. The fourth-order valence-corrected chi connectivity index (χ4v) is 3.62. The van der Waals surface area contributed by atoms with Gasteiger partial charge in [0, 0.05) is 39.7 Å². The maximum Gasteiger partial charge on any atom is 0.257 e. The van der Waals surface area contributed by atoms with Crippen LogP contribution in [-0.4, -0.2) is 35.1 Å². The Hall–Kier alpha value is -2.49. The summed E-state index contributed by atoms with van der Waals surface area (Å²) in [5, 5.41) is 14.5. The van der Waals surface area contributed by atoms with E-state index in [4.69, 9.17) is 16.7 Å². The van der Waals surface area contributed by atoms with E-state index in [9.17, 15) is 9.59 Å². The Morgan fingerprint density at radius 2 is 1.90 bits per heavy atom. The maximum atomic E-state index is 12.7. The molecule has 0 unspecified atom stereocenters. The van der Waals surface area contributed by atoms with Crippen LogP contribution in [0.2, 0.25) is 5.02 Å². The molecule has 0 aliphatic rings. The molecular weight excluding hydrogens is 517 g/mol. The molecule has 0 radical (unpaired) electrons. The maximum absolute atomic E-state index is 12.7. The number of hydrogen-bond donors (Lipinski definition) is 3. The number of nitrogens with one attached hydrogen (secondary N) is 2. The average Bonchev–Trinajstić information content (AvgIpc) is 2.75. The van der Waals surface area contributed by atoms with E-state index in [1.165, 1.54) is 12.1 Å². The highest BCUT2D eigenvalue weighted by Gasteiger charge is 2.15. The number of aromatic nitrogens is 1. The number of anilines is 1. The number of nitrogens with zero attached hydrogens (tertiary/aromatic N) is 1. The second kappa shape index (κ2) is 10.5. The van der Waals surface area contributed by atoms with Gasteiger partial charge in [0.15, 0.2) is 0 Å². The van der Waals surface area contributed by atoms with Crippen LogP contribution < -0.4 is 10.6 Å². The van der Waals surface area contributed by atoms with Crippen LogP contribution in [0.3, 0.4) is 0 Å². The summed E-state index contributed by atoms with van der Waals surface area (Å²) >= 11 is 8.48. The van der Waals surface area contributed by atoms with E-state index < -0.39 is 0 Å². The third-order valence-corrected chi connectivity index (χ3v) is 5.51. The minimum absolute atomic E-state index is 0.000727. The summed E-state index contributed by atoms with van der Waals surface area (Å²) in [5.74, 6) is -0.685. The fourth-order valence-electron chi connectivity index (χ4n) is 2.74. The lowest BCUT2D eigenvalue weighted by molar-refractivity contribution is 0.0949. The average molecular weight is 536 g/mol. The molecule has 0 saturated carbocycles. The lowest BCUT2D eigenvalue weighted by Gasteiger charge is -2.11. The summed E-state index contributed by atoms with van der Waals surface area (Å²) in [7, 11) is 0. The first-order valence-electron chi connectivity index (χ1n) is 9.20. The topological polar surface area (TPSA) is 91.3 Å². The molecule has 0 spiro atoms. The monoisotopic (exact) mass is 535 g/mol. The van der Waals surface area contributed by atoms with E-state index in [1.807, 2.05) is 36.4 Å². The van der Waals surface area contributed by atoms with Crippen molar-refractivity contribution in [2.75, 3.05) is 18.5 Å². The first kappa shape index (κ1) is 22.2. The fraction of sp³-hybridized carbons (Fsp3) is 0.136. The second-order valence-corrected chi connectivity index (χ2v) is 7.96. The molecular formula is C22H19ClIN3O3. The molecule has 0 aliphatic carbocycles. The van der Waals surface area contributed by atoms with Crippen molar-refractivity contribution in [3.05, 3.63) is 80.5 Å². The third-order valence-electron chi connectivity index (χ3n) is 4.26. The molecule has 1 heterocycles. The van der Waals surface area contributed by atoms with Gasteiger partial charge in [0.1, 0.15) is 0 Å². The van der Waals surface area contributed by atoms with Crippen molar-refractivity contribution in [2.24, 2.45) is 0 Å². The highest BCUT2D eigenvalue weighted by molar-refractivity contribution is 14.1. The minimum Gasteiger partial charge on any atom is -0.396 e. The van der Waals surface area contributed by atoms with Gasteiger partial charge >= 0.3 is 0 Å². The molecule has 2 aromatic carbocycles. The molecule has 3 rings (SSSR count). The molecule has 0 saturated heterocycles. The van der Waals surface area contributed by atoms with Crippen molar-refractivity contribution < 1.29 is 14.7 Å². The van der Waals surface area contributed by atoms with Gasteiger partial charge in [-0.1, -0.05) is 17.7 Å². The van der Waals surface area contributed by atoms with Crippen molar-refractivity contribution >= 4 is 51.7 Å². The lowest BCUT2D eigenvalue weighted by Crippen LogP contribution is -2.25. The number of rotatable bonds is 7. The normalized spacial score (nSPS) is 10.5. The predicted molar refractivity (Wildman–Crippen MR) is 126 cm³/mol. The highest BCUT2D eigenvalue weighted by atomic mass is 127. The van der Waals surface area contributed by atoms with E-state index in [-0.39, 0.29) is 29.0 Å². The number of carbonyl (C=O) groups is 2. The van der Waals surface area contributed by atoms with Crippen LogP contribution in [0.4, 0.5) is 5.69 Å². The number of amides is 2. The zero-order chi connectivity index (χ0) is 21.5. The Kier molecular flexibility index (Phi) is 7.78. The van der Waals surface area contributed by atoms with Crippen molar-refractivity contribution in [1.29, 1.82) is 0 Å². The smallest absolute Gasteiger partial charge is 0.257 e. The zero-order valence-corrected chi connectivity index (χ0v) is 18.8. The van der Waals surface area contributed by atoms with E-state index in [0.29, 0.717) is 24.2 Å². The standard InChI is InChI=1S/C22H19ClIN3O3/c23-18-12-14(21(29)26-10-3-11-28)5-7-16(18)22(30)27-15-6-8-19(24)17(13-15)20-4-1-2-9-25-20/h1-2,4-9,12-13,28H,3,10-11H2,(H,26,29)(H,27,30). The van der Waals surface area contributed by atoms with Gasteiger partial charge in [-0.05, 0) is 77.5 Å². The number of aliphatic hydroxyl groups is 1. The van der Waals surface area contributed by atoms with Crippen LogP contribution in [0.15, 0.2) is 60.8 Å². The van der Waals surface area contributed by atoms with Crippen LogP contribution in [0.1, 0.15) is 27.1 Å². The Morgan fingerprint density at radius 1 is 1.07 bits per heavy atom. The van der Waals surface area contributed by atoms with Crippen molar-refractivity contribution in [1.82, 2.24) is 10.3 Å². The molecule has 0 fully saturated rings. The summed E-state index contributed by atoms with van der Waals surface area (Å²) < 4.78 is 1.01. The van der Waals surface area contributed by atoms with Crippen LogP contribution in [-0.2, 0) is 0 Å². The van der Waals surface area contributed by atoms with E-state index in [1.54, 1.807) is 12.3 Å². The first-order valence-corrected chi connectivity index (χ1v) is 10.7. The number of halogens is 2. The highest BCUT2D eigenvalue weighted by Crippen LogP contribution is 2.27. The van der Waals surface area contributed by atoms with Gasteiger partial charge in [-0.3, -0.25) is 14.6 Å². The molecule has 8 heteroatoms. The van der Waals surface area contributed by atoms with Crippen LogP contribution in [0.5, 0.6) is 0 Å². The minimum atomic E-state index is -0.375. The van der Waals surface area contributed by atoms with Crippen molar-refractivity contribution in [3.8, 4) is 11.3 Å². The molecule has 0 bridgehead atoms. The van der Waals surface area contributed by atoms with E-state index in [0.717, 1.165) is 14.8 Å². The molecule has 3 aromatic rings. The lowest BCUT2D eigenvalue weighted by atomic mass is 10.1. The number of benzene rings is 2. The van der Waals surface area contributed by atoms with E-state index >= 15 is 0 Å². The van der Waals surface area contributed by atoms with Crippen LogP contribution in [0, 0.1) is 3.57 Å². The largest absolute Gasteiger partial charge is 0.396 e. The van der Waals surface area contributed by atoms with Crippen molar-refractivity contribution in [2.45, 2.75) is 6.42 Å². The van der Waals surface area contributed by atoms with Gasteiger partial charge in [0.25, 0.3) is 11.8 Å². The SMILES string of the molecule is O=C(NCCCO)c1ccc(C(=O)Nc2ccc(I)c(-c3ccccn3)c2)c(Cl)c1. The predicted octanol–water partition coefficient (Wildman–Crippen LogP) is 4.37. The quantitative estimate of drug-likeness (QED) is 0.310. The second-order valence-electron chi connectivity index (χ2n) is 6.39. The summed E-state index contributed by atoms with van der Waals surface area (Å²) in [6.45, 7) is 0.362. The Balaban J connectivity index is 1.76. The summed E-state index contributed by atoms with van der Waals surface area (Å²) in [4.78, 5) is 29.2. The van der Waals surface area contributed by atoms with E-state index in [2.05, 4.69) is 38.2 Å². The Morgan fingerprint density at radius 3 is 2.60 bits per heavy atom. The molecule has 6 nitrogen and oxygen atoms in total. The Bertz CT molecular complexity index is 1060. The number of aliphatic hydroxyl groups excluding tert-OH is 1. The van der Waals surface area contributed by atoms with Gasteiger partial charge in [-0.15, -0.1) is 0 Å². The molecule has 1 aromatic heterocycles. The molecule has 0 atom stereocenters. The third kappa shape index (κ3) is 5.56. The number of hydrogen-bond acceptors (Lipinski definition) is 4. The molecule has 30 heavy (non-hydrogen) atoms. The van der Waals surface area contributed by atoms with Gasteiger partial charge in [0.05, 0.1) is 16.3 Å². The van der Waals surface area contributed by atoms with Gasteiger partial charge in [0.2, 0.25) is 0 Å². The summed E-state index contributed by atoms with van der Waals surface area (Å²) in [6, 6.07) is 15.8. The zero-order valence-electron chi connectivity index (χ0n) is 15.9. The Labute approximate surface area is 192 Å². The summed E-state index contributed by atoms with van der Waals surface area (Å²) in [6.07, 6.45) is 2.19. The van der Waals surface area contributed by atoms with Gasteiger partial charge < -0.3 is 15.7 Å². The molecule has 2 amide bonds. The number of pyridine rings is 1. The molecule has 3 N–H and O–H groups in total.